The summed E-state index contributed by atoms with van der Waals surface area (Å²) in [5, 5.41) is 7.74. The zero-order valence-corrected chi connectivity index (χ0v) is 11.1. The zero-order valence-electron chi connectivity index (χ0n) is 11.1. The van der Waals surface area contributed by atoms with Gasteiger partial charge in [-0.1, -0.05) is 6.07 Å². The van der Waals surface area contributed by atoms with Gasteiger partial charge in [-0.3, -0.25) is 0 Å². The third-order valence-corrected chi connectivity index (χ3v) is 3.49. The van der Waals surface area contributed by atoms with Crippen LogP contribution in [0.25, 0.3) is 5.52 Å². The normalized spacial score (nSPS) is 12.9. The summed E-state index contributed by atoms with van der Waals surface area (Å²) in [6, 6.07) is 6.32. The van der Waals surface area contributed by atoms with Gasteiger partial charge in [-0.2, -0.15) is 5.10 Å². The minimum absolute atomic E-state index is 0.209. The van der Waals surface area contributed by atoms with Gasteiger partial charge in [0.1, 0.15) is 5.82 Å². The molecule has 0 aliphatic heterocycles. The van der Waals surface area contributed by atoms with Crippen molar-refractivity contribution in [1.82, 2.24) is 24.5 Å². The van der Waals surface area contributed by atoms with Gasteiger partial charge in [0.25, 0.3) is 0 Å². The van der Waals surface area contributed by atoms with E-state index in [1.807, 2.05) is 55.5 Å². The highest BCUT2D eigenvalue weighted by molar-refractivity contribution is 5.55. The van der Waals surface area contributed by atoms with Crippen molar-refractivity contribution in [2.45, 2.75) is 12.5 Å². The number of imidazole rings is 1. The van der Waals surface area contributed by atoms with Gasteiger partial charge < -0.3 is 9.88 Å². The number of nitrogens with one attached hydrogen (secondary N) is 1. The van der Waals surface area contributed by atoms with Crippen LogP contribution < -0.4 is 5.32 Å². The molecule has 0 spiro atoms. The molecular formula is C14H17N5. The average molecular weight is 255 g/mol. The van der Waals surface area contributed by atoms with Gasteiger partial charge in [-0.25, -0.2) is 9.50 Å². The summed E-state index contributed by atoms with van der Waals surface area (Å²) in [6.45, 7) is 0. The van der Waals surface area contributed by atoms with Gasteiger partial charge >= 0.3 is 0 Å². The first kappa shape index (κ1) is 11.9. The van der Waals surface area contributed by atoms with E-state index in [4.69, 9.17) is 0 Å². The SMILES string of the molecule is CNC(Cc1nccn1C)c1cnn2ccccc12. The second-order valence-corrected chi connectivity index (χ2v) is 4.63. The molecule has 98 valence electrons. The van der Waals surface area contributed by atoms with Crippen molar-refractivity contribution in [3.63, 3.8) is 0 Å². The maximum absolute atomic E-state index is 4.39. The summed E-state index contributed by atoms with van der Waals surface area (Å²) in [5.41, 5.74) is 2.34. The molecule has 19 heavy (non-hydrogen) atoms. The Labute approximate surface area is 111 Å². The Kier molecular flexibility index (Phi) is 3.05. The number of aryl methyl sites for hydroxylation is 1. The maximum Gasteiger partial charge on any atom is 0.110 e. The van der Waals surface area contributed by atoms with E-state index in [1.165, 1.54) is 5.56 Å². The molecule has 0 fully saturated rings. The Bertz CT molecular complexity index is 682. The number of likely N-dealkylation sites (N-methyl/N-ethyl adjacent to an activating group) is 1. The maximum atomic E-state index is 4.39. The molecule has 0 amide bonds. The predicted molar refractivity (Wildman–Crippen MR) is 73.9 cm³/mol. The smallest absolute Gasteiger partial charge is 0.110 e. The van der Waals surface area contributed by atoms with E-state index >= 15 is 0 Å². The molecule has 3 aromatic rings. The lowest BCUT2D eigenvalue weighted by Gasteiger charge is -2.15. The highest BCUT2D eigenvalue weighted by Gasteiger charge is 2.16. The fourth-order valence-electron chi connectivity index (χ4n) is 2.37. The predicted octanol–water partition coefficient (Wildman–Crippen LogP) is 1.57. The number of hydrogen-bond acceptors (Lipinski definition) is 3. The fourth-order valence-corrected chi connectivity index (χ4v) is 2.37. The van der Waals surface area contributed by atoms with E-state index < -0.39 is 0 Å². The molecule has 5 heteroatoms. The fraction of sp³-hybridized carbons (Fsp3) is 0.286. The molecule has 3 heterocycles. The lowest BCUT2D eigenvalue weighted by Crippen LogP contribution is -2.20. The monoisotopic (exact) mass is 255 g/mol. The van der Waals surface area contributed by atoms with Gasteiger partial charge in [0, 0.05) is 43.7 Å². The highest BCUT2D eigenvalue weighted by atomic mass is 15.2. The molecule has 1 atom stereocenters. The molecule has 0 saturated heterocycles. The average Bonchev–Trinajstić information content (AvgIpc) is 3.03. The molecule has 0 aliphatic carbocycles. The first-order chi connectivity index (χ1) is 9.29. The standard InChI is InChI=1S/C14H17N5/c1-15-12(9-14-16-6-8-18(14)2)11-10-17-19-7-4-3-5-13(11)19/h3-8,10,12,15H,9H2,1-2H3. The summed E-state index contributed by atoms with van der Waals surface area (Å²) < 4.78 is 3.95. The second-order valence-electron chi connectivity index (χ2n) is 4.63. The van der Waals surface area contributed by atoms with Crippen LogP contribution in [0.2, 0.25) is 0 Å². The molecule has 1 unspecified atom stereocenters. The molecule has 5 nitrogen and oxygen atoms in total. The van der Waals surface area contributed by atoms with Crippen molar-refractivity contribution in [1.29, 1.82) is 0 Å². The molecule has 3 rings (SSSR count). The number of aromatic nitrogens is 4. The summed E-state index contributed by atoms with van der Waals surface area (Å²) in [4.78, 5) is 4.39. The minimum atomic E-state index is 0.209. The Morgan fingerprint density at radius 3 is 2.95 bits per heavy atom. The number of fused-ring (bicyclic) bond motifs is 1. The summed E-state index contributed by atoms with van der Waals surface area (Å²) in [6.07, 6.45) is 8.54. The van der Waals surface area contributed by atoms with E-state index in [2.05, 4.69) is 26.0 Å². The third-order valence-electron chi connectivity index (χ3n) is 3.49. The van der Waals surface area contributed by atoms with Crippen LogP contribution in [-0.2, 0) is 13.5 Å². The Hall–Kier alpha value is -2.14. The summed E-state index contributed by atoms with van der Waals surface area (Å²) in [5.74, 6) is 1.06. The van der Waals surface area contributed by atoms with Crippen molar-refractivity contribution < 1.29 is 0 Å². The van der Waals surface area contributed by atoms with Crippen LogP contribution in [0.1, 0.15) is 17.4 Å². The van der Waals surface area contributed by atoms with Gasteiger partial charge in [0.15, 0.2) is 0 Å². The van der Waals surface area contributed by atoms with Gasteiger partial charge in [-0.05, 0) is 19.2 Å². The van der Waals surface area contributed by atoms with Crippen LogP contribution in [0.3, 0.4) is 0 Å². The van der Waals surface area contributed by atoms with E-state index in [9.17, 15) is 0 Å². The molecule has 0 bridgehead atoms. The van der Waals surface area contributed by atoms with Gasteiger partial charge in [-0.15, -0.1) is 0 Å². The van der Waals surface area contributed by atoms with Crippen molar-refractivity contribution in [2.24, 2.45) is 7.05 Å². The van der Waals surface area contributed by atoms with Crippen molar-refractivity contribution in [3.8, 4) is 0 Å². The second kappa shape index (κ2) is 4.85. The highest BCUT2D eigenvalue weighted by Crippen LogP contribution is 2.21. The summed E-state index contributed by atoms with van der Waals surface area (Å²) >= 11 is 0. The van der Waals surface area contributed by atoms with Crippen molar-refractivity contribution in [3.05, 3.63) is 54.4 Å². The molecule has 0 radical (unpaired) electrons. The zero-order chi connectivity index (χ0) is 13.2. The van der Waals surface area contributed by atoms with Gasteiger partial charge in [0.2, 0.25) is 0 Å². The van der Waals surface area contributed by atoms with E-state index in [0.717, 1.165) is 17.8 Å². The Morgan fingerprint density at radius 1 is 1.32 bits per heavy atom. The molecule has 0 aliphatic rings. The van der Waals surface area contributed by atoms with Crippen LogP contribution in [0, 0.1) is 0 Å². The summed E-state index contributed by atoms with van der Waals surface area (Å²) in [7, 11) is 3.99. The lowest BCUT2D eigenvalue weighted by molar-refractivity contribution is 0.567. The largest absolute Gasteiger partial charge is 0.338 e. The van der Waals surface area contributed by atoms with E-state index in [1.54, 1.807) is 0 Å². The molecular weight excluding hydrogens is 238 g/mol. The minimum Gasteiger partial charge on any atom is -0.338 e. The van der Waals surface area contributed by atoms with Crippen LogP contribution in [0.4, 0.5) is 0 Å². The molecule has 1 N–H and O–H groups in total. The number of nitrogens with zero attached hydrogens (tertiary/aromatic N) is 4. The van der Waals surface area contributed by atoms with Crippen LogP contribution in [0.5, 0.6) is 0 Å². The topological polar surface area (TPSA) is 47.2 Å². The number of hydrogen-bond donors (Lipinski definition) is 1. The van der Waals surface area contributed by atoms with Crippen LogP contribution in [-0.4, -0.2) is 26.2 Å². The van der Waals surface area contributed by atoms with Crippen LogP contribution >= 0.6 is 0 Å². The molecule has 3 aromatic heterocycles. The van der Waals surface area contributed by atoms with Crippen molar-refractivity contribution >= 4 is 5.52 Å². The molecule has 0 aromatic carbocycles. The molecule has 0 saturated carbocycles. The first-order valence-electron chi connectivity index (χ1n) is 6.35. The third kappa shape index (κ3) is 2.13. The lowest BCUT2D eigenvalue weighted by atomic mass is 10.1. The van der Waals surface area contributed by atoms with E-state index in [0.29, 0.717) is 0 Å². The first-order valence-corrected chi connectivity index (χ1v) is 6.35. The Balaban J connectivity index is 1.96. The Morgan fingerprint density at radius 2 is 2.21 bits per heavy atom. The number of pyridine rings is 1. The van der Waals surface area contributed by atoms with Gasteiger partial charge in [0.05, 0.1) is 11.7 Å². The number of rotatable bonds is 4. The van der Waals surface area contributed by atoms with Crippen molar-refractivity contribution in [2.75, 3.05) is 7.05 Å². The van der Waals surface area contributed by atoms with Crippen LogP contribution in [0.15, 0.2) is 43.0 Å². The quantitative estimate of drug-likeness (QED) is 0.770. The van der Waals surface area contributed by atoms with E-state index in [-0.39, 0.29) is 6.04 Å².